The van der Waals surface area contributed by atoms with E-state index in [4.69, 9.17) is 11.6 Å². The molecule has 0 amide bonds. The van der Waals surface area contributed by atoms with Gasteiger partial charge in [0, 0.05) is 30.9 Å². The molecule has 0 bridgehead atoms. The third-order valence-electron chi connectivity index (χ3n) is 5.30. The molecular weight excluding hydrogens is 526 g/mol. The van der Waals surface area contributed by atoms with Crippen LogP contribution < -0.4 is 4.90 Å². The zero-order valence-corrected chi connectivity index (χ0v) is 19.3. The van der Waals surface area contributed by atoms with Crippen LogP contribution in [0.4, 0.5) is 32.0 Å². The molecule has 1 aromatic heterocycles. The van der Waals surface area contributed by atoms with Gasteiger partial charge in [0.2, 0.25) is 0 Å². The third-order valence-corrected chi connectivity index (χ3v) is 7.26. The smallest absolute Gasteiger partial charge is 0.369 e. The van der Waals surface area contributed by atoms with Crippen molar-refractivity contribution in [2.75, 3.05) is 24.5 Å². The highest BCUT2D eigenvalue weighted by Gasteiger charge is 2.71. The van der Waals surface area contributed by atoms with Gasteiger partial charge in [-0.2, -0.15) is 30.6 Å². The van der Waals surface area contributed by atoms with Crippen LogP contribution in [0.5, 0.6) is 0 Å². The fraction of sp³-hybridized carbons (Fsp3) is 0.400. The molecule has 2 heterocycles. The molecule has 0 unspecified atom stereocenters. The summed E-state index contributed by atoms with van der Waals surface area (Å²) >= 11 is 5.64. The van der Waals surface area contributed by atoms with E-state index in [9.17, 15) is 39.9 Å². The Balaban J connectivity index is 1.89. The molecular formula is C20H17ClF6N4O3S. The number of sulfonamides is 1. The van der Waals surface area contributed by atoms with Crippen LogP contribution in [0, 0.1) is 11.8 Å². The van der Waals surface area contributed by atoms with Crippen LogP contribution in [0.2, 0.25) is 5.15 Å². The normalized spacial score (nSPS) is 18.2. The molecule has 2 aromatic rings. The molecule has 3 rings (SSSR count). The van der Waals surface area contributed by atoms with Gasteiger partial charge in [-0.25, -0.2) is 8.42 Å². The molecule has 0 radical (unpaired) electrons. The summed E-state index contributed by atoms with van der Waals surface area (Å²) in [6.45, 7) is 1.27. The van der Waals surface area contributed by atoms with Crippen molar-refractivity contribution in [1.82, 2.24) is 14.5 Å². The maximum absolute atomic E-state index is 13.1. The molecule has 0 spiro atoms. The molecule has 1 saturated heterocycles. The quantitative estimate of drug-likeness (QED) is 0.471. The van der Waals surface area contributed by atoms with E-state index >= 15 is 0 Å². The fourth-order valence-corrected chi connectivity index (χ4v) is 4.94. The summed E-state index contributed by atoms with van der Waals surface area (Å²) in [6.07, 6.45) is -12.0. The highest BCUT2D eigenvalue weighted by atomic mass is 35.5. The average molecular weight is 543 g/mol. The van der Waals surface area contributed by atoms with Gasteiger partial charge in [-0.05, 0) is 31.2 Å². The molecule has 1 N–H and O–H groups in total. The number of rotatable bonds is 4. The predicted molar refractivity (Wildman–Crippen MR) is 113 cm³/mol. The first-order chi connectivity index (χ1) is 16.1. The Kier molecular flexibility index (Phi) is 7.29. The Morgan fingerprint density at radius 2 is 1.60 bits per heavy atom. The summed E-state index contributed by atoms with van der Waals surface area (Å²) in [5, 5.41) is 16.3. The number of benzene rings is 1. The summed E-state index contributed by atoms with van der Waals surface area (Å²) in [7, 11) is -4.07. The number of aromatic nitrogens is 2. The second kappa shape index (κ2) is 9.45. The number of anilines is 1. The number of hydrogen-bond acceptors (Lipinski definition) is 6. The summed E-state index contributed by atoms with van der Waals surface area (Å²) in [5.41, 5.74) is -6.26. The van der Waals surface area contributed by atoms with Gasteiger partial charge in [-0.15, -0.1) is 16.1 Å². The van der Waals surface area contributed by atoms with Gasteiger partial charge in [-0.3, -0.25) is 0 Å². The number of alkyl halides is 6. The zero-order chi connectivity index (χ0) is 26.2. The lowest BCUT2D eigenvalue weighted by molar-refractivity contribution is -0.376. The molecule has 1 aliphatic heterocycles. The van der Waals surface area contributed by atoms with Gasteiger partial charge >= 0.3 is 12.4 Å². The second-order valence-electron chi connectivity index (χ2n) is 7.41. The lowest BCUT2D eigenvalue weighted by Crippen LogP contribution is -2.55. The second-order valence-corrected chi connectivity index (χ2v) is 9.69. The Hall–Kier alpha value is -2.60. The molecule has 1 fully saturated rings. The maximum Gasteiger partial charge on any atom is 0.430 e. The Labute approximate surface area is 201 Å². The van der Waals surface area contributed by atoms with E-state index in [2.05, 4.69) is 22.0 Å². The highest BCUT2D eigenvalue weighted by Crippen LogP contribution is 2.50. The summed E-state index contributed by atoms with van der Waals surface area (Å²) < 4.78 is 106. The van der Waals surface area contributed by atoms with Crippen molar-refractivity contribution in [3.05, 3.63) is 47.1 Å². The third kappa shape index (κ3) is 5.04. The summed E-state index contributed by atoms with van der Waals surface area (Å²) in [4.78, 5) is 1.54. The van der Waals surface area contributed by atoms with E-state index in [1.807, 2.05) is 0 Å². The van der Waals surface area contributed by atoms with Crippen molar-refractivity contribution in [3.63, 3.8) is 0 Å². The van der Waals surface area contributed by atoms with Gasteiger partial charge < -0.3 is 10.0 Å². The Bertz CT molecular complexity index is 1210. The van der Waals surface area contributed by atoms with E-state index < -0.39 is 39.6 Å². The van der Waals surface area contributed by atoms with Crippen molar-refractivity contribution < 1.29 is 39.9 Å². The van der Waals surface area contributed by atoms with Crippen LogP contribution in [0.3, 0.4) is 0 Å². The van der Waals surface area contributed by atoms with E-state index in [0.717, 1.165) is 16.4 Å². The number of hydrogen-bond donors (Lipinski definition) is 1. The summed E-state index contributed by atoms with van der Waals surface area (Å²) in [5.74, 6) is 5.43. The number of halogens is 7. The number of piperazine rings is 1. The van der Waals surface area contributed by atoms with E-state index in [1.165, 1.54) is 19.1 Å². The minimum Gasteiger partial charge on any atom is -0.369 e. The van der Waals surface area contributed by atoms with Crippen LogP contribution >= 0.6 is 11.6 Å². The van der Waals surface area contributed by atoms with Crippen LogP contribution in [-0.4, -0.2) is 66.1 Å². The molecule has 1 aliphatic rings. The van der Waals surface area contributed by atoms with Crippen molar-refractivity contribution >= 4 is 27.3 Å². The largest absolute Gasteiger partial charge is 0.430 e. The van der Waals surface area contributed by atoms with Crippen LogP contribution in [0.1, 0.15) is 12.5 Å². The first-order valence-corrected chi connectivity index (χ1v) is 11.6. The highest BCUT2D eigenvalue weighted by molar-refractivity contribution is 7.89. The van der Waals surface area contributed by atoms with Gasteiger partial charge in [0.15, 0.2) is 10.2 Å². The molecule has 7 nitrogen and oxygen atoms in total. The van der Waals surface area contributed by atoms with Crippen LogP contribution in [0.25, 0.3) is 0 Å². The average Bonchev–Trinajstić information content (AvgIpc) is 2.77. The van der Waals surface area contributed by atoms with Gasteiger partial charge in [0.25, 0.3) is 15.6 Å². The molecule has 35 heavy (non-hydrogen) atoms. The predicted octanol–water partition coefficient (Wildman–Crippen LogP) is 3.35. The number of aliphatic hydroxyl groups is 1. The lowest BCUT2D eigenvalue weighted by Gasteiger charge is -2.40. The SMILES string of the molecule is CC#C[C@H]1CN(S(=O)(=O)c2ccc(Cl)nn2)CCN1c1ccc(C(O)(C(F)(F)F)C(F)(F)F)cc1. The van der Waals surface area contributed by atoms with Crippen molar-refractivity contribution in [2.45, 2.75) is 35.9 Å². The summed E-state index contributed by atoms with van der Waals surface area (Å²) in [6, 6.07) is 4.68. The lowest BCUT2D eigenvalue weighted by atomic mass is 9.92. The van der Waals surface area contributed by atoms with Crippen molar-refractivity contribution in [1.29, 1.82) is 0 Å². The minimum atomic E-state index is -6.01. The van der Waals surface area contributed by atoms with E-state index in [-0.39, 0.29) is 35.5 Å². The monoisotopic (exact) mass is 542 g/mol. The molecule has 0 saturated carbocycles. The first kappa shape index (κ1) is 27.0. The molecule has 1 aromatic carbocycles. The van der Waals surface area contributed by atoms with Crippen LogP contribution in [-0.2, 0) is 15.6 Å². The van der Waals surface area contributed by atoms with Crippen molar-refractivity contribution in [2.24, 2.45) is 0 Å². The molecule has 0 aliphatic carbocycles. The minimum absolute atomic E-state index is 0.00473. The Morgan fingerprint density at radius 3 is 2.09 bits per heavy atom. The molecule has 1 atom stereocenters. The molecule has 15 heteroatoms. The van der Waals surface area contributed by atoms with Crippen molar-refractivity contribution in [3.8, 4) is 11.8 Å². The molecule has 190 valence electrons. The first-order valence-electron chi connectivity index (χ1n) is 9.77. The standard InChI is InChI=1S/C20H17ClF6N4O3S/c1-2-3-15-12-30(35(33,34)17-9-8-16(21)28-29-17)10-11-31(15)14-6-4-13(5-7-14)18(32,19(22,23)24)20(25,26)27/h4-9,15,32H,10-12H2,1H3/t15-/m0/s1. The number of nitrogens with zero attached hydrogens (tertiary/aromatic N) is 4. The fourth-order valence-electron chi connectivity index (χ4n) is 3.53. The maximum atomic E-state index is 13.1. The Morgan fingerprint density at radius 1 is 1.00 bits per heavy atom. The topological polar surface area (TPSA) is 86.6 Å². The van der Waals surface area contributed by atoms with E-state index in [1.54, 1.807) is 4.90 Å². The van der Waals surface area contributed by atoms with Gasteiger partial charge in [-0.1, -0.05) is 29.7 Å². The van der Waals surface area contributed by atoms with Crippen LogP contribution in [0.15, 0.2) is 41.4 Å². The van der Waals surface area contributed by atoms with Gasteiger partial charge in [0.1, 0.15) is 6.04 Å². The van der Waals surface area contributed by atoms with Gasteiger partial charge in [0.05, 0.1) is 0 Å². The van der Waals surface area contributed by atoms with E-state index in [0.29, 0.717) is 12.1 Å². The zero-order valence-electron chi connectivity index (χ0n) is 17.8.